The molecule has 3 heterocycles. The van der Waals surface area contributed by atoms with Gasteiger partial charge in [0.1, 0.15) is 41.7 Å². The molecule has 0 spiro atoms. The van der Waals surface area contributed by atoms with Crippen molar-refractivity contribution in [2.24, 2.45) is 15.3 Å². The van der Waals surface area contributed by atoms with E-state index in [-0.39, 0.29) is 0 Å². The Morgan fingerprint density at radius 1 is 0.548 bits per heavy atom. The summed E-state index contributed by atoms with van der Waals surface area (Å²) >= 11 is 0. The van der Waals surface area contributed by atoms with E-state index in [0.717, 1.165) is 16.5 Å². The summed E-state index contributed by atoms with van der Waals surface area (Å²) in [6, 6.07) is 11.4. The third kappa shape index (κ3) is 6.33. The van der Waals surface area contributed by atoms with Crippen LogP contribution in [0, 0.1) is 0 Å². The zero-order valence-corrected chi connectivity index (χ0v) is 19.4. The van der Waals surface area contributed by atoms with E-state index in [0.29, 0.717) is 17.3 Å². The molecule has 0 fully saturated rings. The SMILES string of the molecule is CN(C)/N=C\c1ccc(P(c2ccc(/C=N\N(C)C)o2)c2ccc(/C=N\N(C)C)o2)o1. The van der Waals surface area contributed by atoms with E-state index in [1.807, 2.05) is 78.7 Å². The van der Waals surface area contributed by atoms with E-state index in [4.69, 9.17) is 13.3 Å². The molecule has 3 rings (SSSR count). The topological polar surface area (TPSA) is 86.2 Å². The van der Waals surface area contributed by atoms with Crippen molar-refractivity contribution in [3.05, 3.63) is 53.7 Å². The molecule has 9 nitrogen and oxygen atoms in total. The van der Waals surface area contributed by atoms with Gasteiger partial charge in [-0.3, -0.25) is 0 Å². The Hall–Kier alpha value is -3.32. The fourth-order valence-corrected chi connectivity index (χ4v) is 4.35. The minimum atomic E-state index is -1.19. The van der Waals surface area contributed by atoms with Crippen LogP contribution in [-0.2, 0) is 0 Å². The van der Waals surface area contributed by atoms with Crippen LogP contribution in [0.5, 0.6) is 0 Å². The molecule has 31 heavy (non-hydrogen) atoms. The van der Waals surface area contributed by atoms with Crippen molar-refractivity contribution in [3.63, 3.8) is 0 Å². The molecule has 0 radical (unpaired) electrons. The van der Waals surface area contributed by atoms with Crippen molar-refractivity contribution in [1.82, 2.24) is 15.0 Å². The first kappa shape index (κ1) is 22.4. The molecule has 0 amide bonds. The first-order chi connectivity index (χ1) is 14.8. The predicted octanol–water partition coefficient (Wildman–Crippen LogP) is 1.91. The molecule has 0 aromatic carbocycles. The summed E-state index contributed by atoms with van der Waals surface area (Å²) in [5.74, 6) is 1.95. The van der Waals surface area contributed by atoms with Crippen molar-refractivity contribution in [1.29, 1.82) is 0 Å². The Morgan fingerprint density at radius 3 is 1.10 bits per heavy atom. The molecular formula is C21H27N6O3P. The molecule has 164 valence electrons. The maximum absolute atomic E-state index is 6.07. The maximum atomic E-state index is 6.07. The van der Waals surface area contributed by atoms with Crippen molar-refractivity contribution < 1.29 is 13.3 Å². The molecule has 0 bridgehead atoms. The van der Waals surface area contributed by atoms with E-state index < -0.39 is 7.92 Å². The second kappa shape index (κ2) is 10.1. The van der Waals surface area contributed by atoms with Gasteiger partial charge in [-0.1, -0.05) is 0 Å². The van der Waals surface area contributed by atoms with E-state index in [9.17, 15) is 0 Å². The van der Waals surface area contributed by atoms with Crippen molar-refractivity contribution in [2.45, 2.75) is 0 Å². The largest absolute Gasteiger partial charge is 0.455 e. The molecule has 0 saturated carbocycles. The summed E-state index contributed by atoms with van der Waals surface area (Å²) in [6.07, 6.45) is 5.02. The molecule has 0 N–H and O–H groups in total. The van der Waals surface area contributed by atoms with Crippen LogP contribution in [0.3, 0.4) is 0 Å². The highest BCUT2D eigenvalue weighted by Crippen LogP contribution is 2.34. The van der Waals surface area contributed by atoms with Gasteiger partial charge in [0.25, 0.3) is 0 Å². The Balaban J connectivity index is 1.97. The van der Waals surface area contributed by atoms with Gasteiger partial charge in [0.15, 0.2) is 0 Å². The highest BCUT2D eigenvalue weighted by Gasteiger charge is 2.27. The Labute approximate surface area is 183 Å². The van der Waals surface area contributed by atoms with Gasteiger partial charge in [0, 0.05) is 42.3 Å². The molecule has 3 aromatic rings. The third-order valence-corrected chi connectivity index (χ3v) is 5.79. The second-order valence-corrected chi connectivity index (χ2v) is 9.13. The monoisotopic (exact) mass is 442 g/mol. The van der Waals surface area contributed by atoms with Gasteiger partial charge in [0.2, 0.25) is 0 Å². The van der Waals surface area contributed by atoms with Crippen LogP contribution >= 0.6 is 7.92 Å². The van der Waals surface area contributed by atoms with Crippen LogP contribution in [0.15, 0.2) is 65.0 Å². The molecule has 10 heteroatoms. The zero-order valence-electron chi connectivity index (χ0n) is 18.6. The summed E-state index contributed by atoms with van der Waals surface area (Å²) in [6.45, 7) is 0. The summed E-state index contributed by atoms with van der Waals surface area (Å²) in [5, 5.41) is 17.8. The number of hydrogen-bond donors (Lipinski definition) is 0. The predicted molar refractivity (Wildman–Crippen MR) is 126 cm³/mol. The molecule has 0 aliphatic heterocycles. The van der Waals surface area contributed by atoms with Crippen molar-refractivity contribution in [2.75, 3.05) is 42.3 Å². The molecule has 3 aromatic heterocycles. The highest BCUT2D eigenvalue weighted by atomic mass is 31.1. The van der Waals surface area contributed by atoms with Crippen LogP contribution in [0.4, 0.5) is 0 Å². The van der Waals surface area contributed by atoms with Crippen LogP contribution in [0.2, 0.25) is 0 Å². The quantitative estimate of drug-likeness (QED) is 0.286. The third-order valence-electron chi connectivity index (χ3n) is 3.75. The summed E-state index contributed by atoms with van der Waals surface area (Å²) in [5.41, 5.74) is 2.23. The fourth-order valence-electron chi connectivity index (χ4n) is 2.44. The van der Waals surface area contributed by atoms with Crippen LogP contribution in [0.1, 0.15) is 17.3 Å². The molecule has 0 aliphatic carbocycles. The number of rotatable bonds is 9. The molecular weight excluding hydrogens is 415 g/mol. The highest BCUT2D eigenvalue weighted by molar-refractivity contribution is 7.78. The summed E-state index contributed by atoms with van der Waals surface area (Å²) in [7, 11) is 9.93. The first-order valence-corrected chi connectivity index (χ1v) is 10.9. The number of hydrogen-bond acceptors (Lipinski definition) is 9. The summed E-state index contributed by atoms with van der Waals surface area (Å²) in [4.78, 5) is 0. The Kier molecular flexibility index (Phi) is 7.31. The second-order valence-electron chi connectivity index (χ2n) is 7.14. The van der Waals surface area contributed by atoms with Crippen LogP contribution in [-0.4, -0.2) is 76.0 Å². The molecule has 0 aliphatic rings. The zero-order chi connectivity index (χ0) is 22.4. The first-order valence-electron chi connectivity index (χ1n) is 9.55. The Morgan fingerprint density at radius 2 is 0.839 bits per heavy atom. The molecule has 0 unspecified atom stereocenters. The number of nitrogens with zero attached hydrogens (tertiary/aromatic N) is 6. The lowest BCUT2D eigenvalue weighted by Gasteiger charge is -2.09. The summed E-state index contributed by atoms with van der Waals surface area (Å²) < 4.78 is 18.2. The van der Waals surface area contributed by atoms with Crippen LogP contribution < -0.4 is 16.5 Å². The normalized spacial score (nSPS) is 12.1. The lowest BCUT2D eigenvalue weighted by molar-refractivity contribution is 0.438. The van der Waals surface area contributed by atoms with Gasteiger partial charge in [-0.05, 0) is 36.4 Å². The Bertz CT molecular complexity index is 927. The number of furan rings is 3. The van der Waals surface area contributed by atoms with Gasteiger partial charge in [-0.2, -0.15) is 15.3 Å². The van der Waals surface area contributed by atoms with Gasteiger partial charge < -0.3 is 28.3 Å². The average Bonchev–Trinajstić information content (AvgIpc) is 3.45. The standard InChI is InChI=1S/C21H27N6O3P/c1-25(2)22-13-16-7-10-19(28-16)31(20-11-8-17(29-20)14-23-26(3)4)21-12-9-18(30-21)15-24-27(5)6/h7-15H,1-6H3/b22-13-,23-14-,24-15-. The van der Waals surface area contributed by atoms with Gasteiger partial charge in [0.05, 0.1) is 18.6 Å². The van der Waals surface area contributed by atoms with Gasteiger partial charge in [-0.15, -0.1) is 0 Å². The molecule has 0 saturated heterocycles. The minimum absolute atomic E-state index is 0.651. The molecule has 0 atom stereocenters. The van der Waals surface area contributed by atoms with Crippen molar-refractivity contribution in [3.8, 4) is 0 Å². The smallest absolute Gasteiger partial charge is 0.147 e. The van der Waals surface area contributed by atoms with Crippen molar-refractivity contribution >= 4 is 43.1 Å². The average molecular weight is 442 g/mol. The van der Waals surface area contributed by atoms with Gasteiger partial charge >= 0.3 is 0 Å². The van der Waals surface area contributed by atoms with E-state index in [1.165, 1.54) is 0 Å². The lowest BCUT2D eigenvalue weighted by atomic mass is 10.5. The number of hydrazone groups is 3. The van der Waals surface area contributed by atoms with Crippen LogP contribution in [0.25, 0.3) is 0 Å². The fraction of sp³-hybridized carbons (Fsp3) is 0.286. The van der Waals surface area contributed by atoms with E-state index >= 15 is 0 Å². The minimum Gasteiger partial charge on any atom is -0.455 e. The maximum Gasteiger partial charge on any atom is 0.147 e. The lowest BCUT2D eigenvalue weighted by Crippen LogP contribution is -2.17. The van der Waals surface area contributed by atoms with Gasteiger partial charge in [-0.25, -0.2) is 0 Å². The van der Waals surface area contributed by atoms with E-state index in [1.54, 1.807) is 33.7 Å². The van der Waals surface area contributed by atoms with E-state index in [2.05, 4.69) is 15.3 Å².